The topological polar surface area (TPSA) is 43.1 Å². The number of halogens is 2. The van der Waals surface area contributed by atoms with Gasteiger partial charge in [-0.2, -0.15) is 0 Å². The molecular weight excluding hydrogens is 268 g/mol. The summed E-state index contributed by atoms with van der Waals surface area (Å²) in [6, 6.07) is 8.08. The quantitative estimate of drug-likeness (QED) is 0.878. The summed E-state index contributed by atoms with van der Waals surface area (Å²) in [5.74, 6) is -0.691. The van der Waals surface area contributed by atoms with Crippen LogP contribution in [0.15, 0.2) is 41.3 Å². The van der Waals surface area contributed by atoms with Gasteiger partial charge in [-0.25, -0.2) is 8.78 Å². The van der Waals surface area contributed by atoms with Crippen LogP contribution in [0.2, 0.25) is 0 Å². The summed E-state index contributed by atoms with van der Waals surface area (Å²) in [6.07, 6.45) is 0. The van der Waals surface area contributed by atoms with E-state index in [0.717, 1.165) is 11.6 Å². The summed E-state index contributed by atoms with van der Waals surface area (Å²) in [7, 11) is -1.43. The summed E-state index contributed by atoms with van der Waals surface area (Å²) in [5.41, 5.74) is 7.29. The third-order valence-corrected chi connectivity index (χ3v) is 4.25. The van der Waals surface area contributed by atoms with Crippen LogP contribution in [0, 0.1) is 18.6 Å². The average molecular weight is 281 g/mol. The van der Waals surface area contributed by atoms with E-state index in [4.69, 9.17) is 5.73 Å². The van der Waals surface area contributed by atoms with Crippen LogP contribution >= 0.6 is 0 Å². The predicted molar refractivity (Wildman–Crippen MR) is 72.1 cm³/mol. The maximum Gasteiger partial charge on any atom is 0.125 e. The number of anilines is 1. The molecule has 5 heteroatoms. The minimum absolute atomic E-state index is 0.146. The standard InChI is InChI=1S/C14H13F2NOS/c1-9-2-3-11(15)6-10(9)8-19(18)14-5-4-12(16)7-13(14)17/h2-7H,8,17H2,1H3. The van der Waals surface area contributed by atoms with Gasteiger partial charge in [-0.1, -0.05) is 6.07 Å². The van der Waals surface area contributed by atoms with E-state index in [1.807, 2.05) is 6.92 Å². The minimum Gasteiger partial charge on any atom is -0.398 e. The Balaban J connectivity index is 2.28. The first-order valence-corrected chi connectivity index (χ1v) is 6.97. The van der Waals surface area contributed by atoms with Crippen LogP contribution in [0.5, 0.6) is 0 Å². The summed E-state index contributed by atoms with van der Waals surface area (Å²) >= 11 is 0. The van der Waals surface area contributed by atoms with Crippen LogP contribution in [0.1, 0.15) is 11.1 Å². The van der Waals surface area contributed by atoms with Gasteiger partial charge in [0.15, 0.2) is 0 Å². The molecule has 0 amide bonds. The molecular formula is C14H13F2NOS. The van der Waals surface area contributed by atoms with Gasteiger partial charge in [0, 0.05) is 0 Å². The van der Waals surface area contributed by atoms with Gasteiger partial charge in [-0.15, -0.1) is 0 Å². The van der Waals surface area contributed by atoms with E-state index in [2.05, 4.69) is 0 Å². The molecule has 0 fully saturated rings. The summed E-state index contributed by atoms with van der Waals surface area (Å²) in [5, 5.41) is 0. The van der Waals surface area contributed by atoms with E-state index in [9.17, 15) is 13.0 Å². The van der Waals surface area contributed by atoms with E-state index in [1.165, 1.54) is 24.3 Å². The number of nitrogen functional groups attached to an aromatic ring is 1. The van der Waals surface area contributed by atoms with Crippen molar-refractivity contribution in [1.82, 2.24) is 0 Å². The van der Waals surface area contributed by atoms with Crippen molar-refractivity contribution in [2.75, 3.05) is 5.73 Å². The van der Waals surface area contributed by atoms with Gasteiger partial charge in [0.2, 0.25) is 0 Å². The molecule has 2 rings (SSSR count). The molecule has 19 heavy (non-hydrogen) atoms. The third kappa shape index (κ3) is 3.17. The van der Waals surface area contributed by atoms with E-state index in [1.54, 1.807) is 6.07 Å². The second-order valence-corrected chi connectivity index (χ2v) is 5.66. The Morgan fingerprint density at radius 1 is 1.11 bits per heavy atom. The molecule has 0 radical (unpaired) electrons. The molecule has 2 nitrogen and oxygen atoms in total. The Labute approximate surface area is 112 Å². The maximum atomic E-state index is 13.2. The molecule has 0 aliphatic heterocycles. The Kier molecular flexibility index (Phi) is 3.95. The fourth-order valence-corrected chi connectivity index (χ4v) is 3.03. The van der Waals surface area contributed by atoms with E-state index in [0.29, 0.717) is 10.5 Å². The van der Waals surface area contributed by atoms with Gasteiger partial charge in [0.1, 0.15) is 11.6 Å². The average Bonchev–Trinajstić information content (AvgIpc) is 2.33. The van der Waals surface area contributed by atoms with Crippen molar-refractivity contribution >= 4 is 16.5 Å². The molecule has 2 aromatic rings. The van der Waals surface area contributed by atoms with Crippen LogP contribution in [-0.2, 0) is 16.6 Å². The van der Waals surface area contributed by atoms with Crippen molar-refractivity contribution in [3.05, 3.63) is 59.2 Å². The molecule has 0 spiro atoms. The number of aryl methyl sites for hydroxylation is 1. The van der Waals surface area contributed by atoms with Crippen LogP contribution in [0.4, 0.5) is 14.5 Å². The van der Waals surface area contributed by atoms with Crippen molar-refractivity contribution in [2.24, 2.45) is 0 Å². The molecule has 0 bridgehead atoms. The van der Waals surface area contributed by atoms with Gasteiger partial charge in [0.05, 0.1) is 27.1 Å². The second kappa shape index (κ2) is 5.48. The second-order valence-electron chi connectivity index (χ2n) is 4.24. The zero-order chi connectivity index (χ0) is 14.0. The monoisotopic (exact) mass is 281 g/mol. The smallest absolute Gasteiger partial charge is 0.125 e. The molecule has 0 aromatic heterocycles. The van der Waals surface area contributed by atoms with Gasteiger partial charge < -0.3 is 5.73 Å². The highest BCUT2D eigenvalue weighted by molar-refractivity contribution is 7.84. The van der Waals surface area contributed by atoms with Crippen molar-refractivity contribution in [3.8, 4) is 0 Å². The molecule has 1 atom stereocenters. The molecule has 0 aliphatic rings. The summed E-state index contributed by atoms with van der Waals surface area (Å²) in [6.45, 7) is 1.82. The molecule has 0 saturated carbocycles. The molecule has 0 heterocycles. The maximum absolute atomic E-state index is 13.2. The van der Waals surface area contributed by atoms with Crippen LogP contribution in [0.3, 0.4) is 0 Å². The van der Waals surface area contributed by atoms with Crippen LogP contribution < -0.4 is 5.73 Å². The number of nitrogens with two attached hydrogens (primary N) is 1. The molecule has 1 unspecified atom stereocenters. The Morgan fingerprint density at radius 2 is 1.74 bits per heavy atom. The lowest BCUT2D eigenvalue weighted by atomic mass is 10.1. The van der Waals surface area contributed by atoms with Crippen LogP contribution in [-0.4, -0.2) is 4.21 Å². The lowest BCUT2D eigenvalue weighted by Crippen LogP contribution is -2.03. The van der Waals surface area contributed by atoms with Gasteiger partial charge in [0.25, 0.3) is 0 Å². The first kappa shape index (κ1) is 13.7. The van der Waals surface area contributed by atoms with Crippen molar-refractivity contribution in [1.29, 1.82) is 0 Å². The van der Waals surface area contributed by atoms with Gasteiger partial charge in [-0.05, 0) is 48.4 Å². The molecule has 0 aliphatic carbocycles. The first-order chi connectivity index (χ1) is 8.97. The third-order valence-electron chi connectivity index (χ3n) is 2.81. The van der Waals surface area contributed by atoms with Crippen molar-refractivity contribution in [3.63, 3.8) is 0 Å². The number of rotatable bonds is 3. The van der Waals surface area contributed by atoms with Gasteiger partial charge in [-0.3, -0.25) is 4.21 Å². The molecule has 2 aromatic carbocycles. The number of hydrogen-bond donors (Lipinski definition) is 1. The fourth-order valence-electron chi connectivity index (χ4n) is 1.74. The highest BCUT2D eigenvalue weighted by Crippen LogP contribution is 2.21. The fraction of sp³-hybridized carbons (Fsp3) is 0.143. The van der Waals surface area contributed by atoms with E-state index in [-0.39, 0.29) is 17.3 Å². The molecule has 0 saturated heterocycles. The van der Waals surface area contributed by atoms with E-state index >= 15 is 0 Å². The minimum atomic E-state index is -1.43. The van der Waals surface area contributed by atoms with Crippen LogP contribution in [0.25, 0.3) is 0 Å². The molecule has 100 valence electrons. The lowest BCUT2D eigenvalue weighted by molar-refractivity contribution is 0.625. The number of hydrogen-bond acceptors (Lipinski definition) is 2. The Morgan fingerprint density at radius 3 is 2.42 bits per heavy atom. The number of benzene rings is 2. The normalized spacial score (nSPS) is 12.4. The van der Waals surface area contributed by atoms with E-state index < -0.39 is 16.6 Å². The predicted octanol–water partition coefficient (Wildman–Crippen LogP) is 3.16. The van der Waals surface area contributed by atoms with Crippen molar-refractivity contribution in [2.45, 2.75) is 17.6 Å². The summed E-state index contributed by atoms with van der Waals surface area (Å²) < 4.78 is 38.3. The van der Waals surface area contributed by atoms with Crippen molar-refractivity contribution < 1.29 is 13.0 Å². The Bertz CT molecular complexity index is 643. The SMILES string of the molecule is Cc1ccc(F)cc1CS(=O)c1ccc(F)cc1N. The summed E-state index contributed by atoms with van der Waals surface area (Å²) in [4.78, 5) is 0.366. The highest BCUT2D eigenvalue weighted by atomic mass is 32.2. The zero-order valence-corrected chi connectivity index (χ0v) is 11.1. The van der Waals surface area contributed by atoms with Gasteiger partial charge >= 0.3 is 0 Å². The lowest BCUT2D eigenvalue weighted by Gasteiger charge is -2.08. The molecule has 2 N–H and O–H groups in total. The zero-order valence-electron chi connectivity index (χ0n) is 10.3. The first-order valence-electron chi connectivity index (χ1n) is 5.66. The Hall–Kier alpha value is -1.75. The largest absolute Gasteiger partial charge is 0.398 e. The highest BCUT2D eigenvalue weighted by Gasteiger charge is 2.11.